The molecule has 8 nitrogen and oxygen atoms in total. The number of fused-ring (bicyclic) bond motifs is 1. The molecule has 0 aliphatic carbocycles. The van der Waals surface area contributed by atoms with E-state index in [-0.39, 0.29) is 11.4 Å². The Morgan fingerprint density at radius 2 is 1.86 bits per heavy atom. The van der Waals surface area contributed by atoms with E-state index in [0.29, 0.717) is 22.5 Å². The molecule has 0 spiro atoms. The third-order valence-electron chi connectivity index (χ3n) is 5.07. The number of aromatic nitrogens is 3. The highest BCUT2D eigenvalue weighted by Crippen LogP contribution is 2.41. The molecule has 29 heavy (non-hydrogen) atoms. The number of benzene rings is 2. The van der Waals surface area contributed by atoms with Gasteiger partial charge in [0, 0.05) is 11.6 Å². The first-order valence-corrected chi connectivity index (χ1v) is 10.5. The fourth-order valence-electron chi connectivity index (χ4n) is 3.77. The van der Waals surface area contributed by atoms with Crippen LogP contribution in [-0.4, -0.2) is 35.5 Å². The Labute approximate surface area is 166 Å². The predicted octanol–water partition coefficient (Wildman–Crippen LogP) is 2.27. The summed E-state index contributed by atoms with van der Waals surface area (Å²) in [5.41, 5.74) is 1.20. The van der Waals surface area contributed by atoms with Gasteiger partial charge in [-0.1, -0.05) is 30.3 Å². The zero-order valence-corrected chi connectivity index (χ0v) is 16.3. The first-order valence-electron chi connectivity index (χ1n) is 9.10. The van der Waals surface area contributed by atoms with Gasteiger partial charge in [0.05, 0.1) is 16.6 Å². The van der Waals surface area contributed by atoms with Gasteiger partial charge in [-0.25, -0.2) is 8.42 Å². The number of nitrogens with zero attached hydrogens (tertiary/aromatic N) is 4. The molecule has 1 N–H and O–H groups in total. The molecule has 2 aromatic heterocycles. The van der Waals surface area contributed by atoms with Crippen LogP contribution in [0.4, 0.5) is 5.69 Å². The van der Waals surface area contributed by atoms with Gasteiger partial charge in [-0.05, 0) is 36.6 Å². The number of amides is 1. The highest BCUT2D eigenvalue weighted by atomic mass is 32.2. The minimum atomic E-state index is -3.78. The standard InChI is InChI=1S/C20H17N5O3S/c1-13(20-23-22-17-10-2-3-11-24(17)20)21-18(26)12-25-15-8-4-6-14-7-5-9-16(19(14)15)29(25,27)28/h2-11,13H,12H2,1H3,(H,21,26). The van der Waals surface area contributed by atoms with E-state index in [1.165, 1.54) is 0 Å². The maximum Gasteiger partial charge on any atom is 0.265 e. The van der Waals surface area contributed by atoms with Gasteiger partial charge in [-0.3, -0.25) is 13.5 Å². The Morgan fingerprint density at radius 1 is 1.07 bits per heavy atom. The lowest BCUT2D eigenvalue weighted by molar-refractivity contribution is -0.120. The van der Waals surface area contributed by atoms with Gasteiger partial charge in [0.2, 0.25) is 5.91 Å². The van der Waals surface area contributed by atoms with Crippen LogP contribution in [0.2, 0.25) is 0 Å². The summed E-state index contributed by atoms with van der Waals surface area (Å²) in [5, 5.41) is 12.5. The van der Waals surface area contributed by atoms with E-state index in [9.17, 15) is 13.2 Å². The largest absolute Gasteiger partial charge is 0.345 e. The normalized spacial score (nSPS) is 15.7. The molecule has 5 rings (SSSR count). The number of carbonyl (C=O) groups is 1. The van der Waals surface area contributed by atoms with Crippen molar-refractivity contribution in [1.29, 1.82) is 0 Å². The summed E-state index contributed by atoms with van der Waals surface area (Å²) >= 11 is 0. The van der Waals surface area contributed by atoms with Crippen LogP contribution in [0.3, 0.4) is 0 Å². The molecular weight excluding hydrogens is 390 g/mol. The Balaban J connectivity index is 1.42. The van der Waals surface area contributed by atoms with Crippen LogP contribution < -0.4 is 9.62 Å². The van der Waals surface area contributed by atoms with E-state index in [0.717, 1.165) is 9.69 Å². The topological polar surface area (TPSA) is 96.7 Å². The number of hydrogen-bond acceptors (Lipinski definition) is 5. The van der Waals surface area contributed by atoms with Crippen LogP contribution in [0, 0.1) is 0 Å². The molecule has 4 aromatic rings. The van der Waals surface area contributed by atoms with Crippen LogP contribution in [0.25, 0.3) is 16.4 Å². The Morgan fingerprint density at radius 3 is 2.69 bits per heavy atom. The average molecular weight is 407 g/mol. The lowest BCUT2D eigenvalue weighted by atomic mass is 10.1. The summed E-state index contributed by atoms with van der Waals surface area (Å²) in [6, 6.07) is 15.6. The van der Waals surface area contributed by atoms with Crippen molar-refractivity contribution < 1.29 is 13.2 Å². The fraction of sp³-hybridized carbons (Fsp3) is 0.150. The van der Waals surface area contributed by atoms with Crippen LogP contribution in [0.5, 0.6) is 0 Å². The minimum absolute atomic E-state index is 0.231. The van der Waals surface area contributed by atoms with Gasteiger partial charge in [-0.15, -0.1) is 10.2 Å². The molecule has 0 bridgehead atoms. The molecular formula is C20H17N5O3S. The summed E-state index contributed by atoms with van der Waals surface area (Å²) in [6.07, 6.45) is 1.82. The van der Waals surface area contributed by atoms with E-state index in [1.807, 2.05) is 36.5 Å². The number of sulfonamides is 1. The molecule has 1 amide bonds. The van der Waals surface area contributed by atoms with Crippen molar-refractivity contribution in [2.24, 2.45) is 0 Å². The predicted molar refractivity (Wildman–Crippen MR) is 108 cm³/mol. The summed E-state index contributed by atoms with van der Waals surface area (Å²) < 4.78 is 29.0. The second kappa shape index (κ2) is 6.28. The quantitative estimate of drug-likeness (QED) is 0.560. The Hall–Kier alpha value is -3.46. The van der Waals surface area contributed by atoms with Crippen molar-refractivity contribution in [3.05, 3.63) is 66.6 Å². The first-order chi connectivity index (χ1) is 14.0. The number of carbonyl (C=O) groups excluding carboxylic acids is 1. The SMILES string of the molecule is CC(NC(=O)CN1c2cccc3cccc(c23)S1(=O)=O)c1nnc2ccccn12. The van der Waals surface area contributed by atoms with Crippen molar-refractivity contribution in [2.75, 3.05) is 10.8 Å². The van der Waals surface area contributed by atoms with E-state index >= 15 is 0 Å². The third kappa shape index (κ3) is 2.65. The van der Waals surface area contributed by atoms with E-state index in [4.69, 9.17) is 0 Å². The lowest BCUT2D eigenvalue weighted by Gasteiger charge is -2.20. The molecule has 2 aromatic carbocycles. The molecule has 0 radical (unpaired) electrons. The highest BCUT2D eigenvalue weighted by molar-refractivity contribution is 7.93. The summed E-state index contributed by atoms with van der Waals surface area (Å²) in [6.45, 7) is 1.48. The van der Waals surface area contributed by atoms with Crippen molar-refractivity contribution in [2.45, 2.75) is 17.9 Å². The molecule has 9 heteroatoms. The lowest BCUT2D eigenvalue weighted by Crippen LogP contribution is -2.40. The maximum atomic E-state index is 13.0. The second-order valence-electron chi connectivity index (χ2n) is 6.92. The molecule has 1 unspecified atom stereocenters. The average Bonchev–Trinajstić information content (AvgIpc) is 3.23. The van der Waals surface area contributed by atoms with Crippen molar-refractivity contribution in [3.8, 4) is 0 Å². The van der Waals surface area contributed by atoms with Crippen LogP contribution in [-0.2, 0) is 14.8 Å². The van der Waals surface area contributed by atoms with Crippen LogP contribution in [0.1, 0.15) is 18.8 Å². The highest BCUT2D eigenvalue weighted by Gasteiger charge is 2.36. The van der Waals surface area contributed by atoms with Gasteiger partial charge in [-0.2, -0.15) is 0 Å². The van der Waals surface area contributed by atoms with Gasteiger partial charge >= 0.3 is 0 Å². The summed E-state index contributed by atoms with van der Waals surface area (Å²) in [4.78, 5) is 13.0. The van der Waals surface area contributed by atoms with Crippen molar-refractivity contribution in [3.63, 3.8) is 0 Å². The van der Waals surface area contributed by atoms with Gasteiger partial charge in [0.15, 0.2) is 11.5 Å². The number of pyridine rings is 1. The van der Waals surface area contributed by atoms with E-state index in [2.05, 4.69) is 15.5 Å². The Kier molecular flexibility index (Phi) is 3.82. The summed E-state index contributed by atoms with van der Waals surface area (Å²) in [5.74, 6) is 0.155. The molecule has 3 heterocycles. The van der Waals surface area contributed by atoms with E-state index < -0.39 is 22.0 Å². The number of hydrogen-bond donors (Lipinski definition) is 1. The maximum absolute atomic E-state index is 13.0. The number of rotatable bonds is 4. The zero-order chi connectivity index (χ0) is 20.2. The van der Waals surface area contributed by atoms with E-state index in [1.54, 1.807) is 35.6 Å². The summed E-state index contributed by atoms with van der Waals surface area (Å²) in [7, 11) is -3.78. The first kappa shape index (κ1) is 17.6. The molecule has 1 atom stereocenters. The third-order valence-corrected chi connectivity index (χ3v) is 6.88. The Bertz CT molecular complexity index is 1370. The van der Waals surface area contributed by atoms with Crippen LogP contribution in [0.15, 0.2) is 65.7 Å². The smallest absolute Gasteiger partial charge is 0.265 e. The van der Waals surface area contributed by atoms with Crippen molar-refractivity contribution in [1.82, 2.24) is 19.9 Å². The zero-order valence-electron chi connectivity index (χ0n) is 15.5. The van der Waals surface area contributed by atoms with Gasteiger partial charge < -0.3 is 5.32 Å². The van der Waals surface area contributed by atoms with Gasteiger partial charge in [0.25, 0.3) is 10.0 Å². The van der Waals surface area contributed by atoms with Gasteiger partial charge in [0.1, 0.15) is 6.54 Å². The molecule has 146 valence electrons. The molecule has 0 saturated carbocycles. The second-order valence-corrected chi connectivity index (χ2v) is 8.75. The fourth-order valence-corrected chi connectivity index (χ4v) is 5.43. The minimum Gasteiger partial charge on any atom is -0.345 e. The molecule has 0 saturated heterocycles. The molecule has 0 fully saturated rings. The molecule has 1 aliphatic rings. The number of anilines is 1. The molecule has 1 aliphatic heterocycles. The van der Waals surface area contributed by atoms with Crippen molar-refractivity contribution >= 4 is 38.0 Å². The monoisotopic (exact) mass is 407 g/mol. The number of nitrogens with one attached hydrogen (secondary N) is 1. The van der Waals surface area contributed by atoms with Crippen LogP contribution >= 0.6 is 0 Å².